The lowest BCUT2D eigenvalue weighted by Crippen LogP contribution is -2.26. The first kappa shape index (κ1) is 25.0. The summed E-state index contributed by atoms with van der Waals surface area (Å²) in [5.74, 6) is 0. The second-order valence-electron chi connectivity index (χ2n) is 6.74. The van der Waals surface area contributed by atoms with E-state index in [1.165, 1.54) is 0 Å². The molecule has 0 aliphatic carbocycles. The molecule has 0 bridgehead atoms. The lowest BCUT2D eigenvalue weighted by molar-refractivity contribution is 0.229. The molecule has 27 heavy (non-hydrogen) atoms. The first-order chi connectivity index (χ1) is 12.5. The minimum Gasteiger partial charge on any atom is -0.305 e. The zero-order chi connectivity index (χ0) is 20.9. The molecule has 0 fully saturated rings. The van der Waals surface area contributed by atoms with Gasteiger partial charge in [-0.1, -0.05) is 20.8 Å². The molecule has 0 atom stereocenters. The lowest BCUT2D eigenvalue weighted by Gasteiger charge is -2.27. The topological polar surface area (TPSA) is 71.1 Å². The molecular formula is C18H31BrO6P2. The van der Waals surface area contributed by atoms with Crippen molar-refractivity contribution in [2.75, 3.05) is 26.4 Å². The van der Waals surface area contributed by atoms with Crippen molar-refractivity contribution in [1.82, 2.24) is 0 Å². The molecule has 156 valence electrons. The number of halogens is 1. The number of hydrogen-bond donors (Lipinski definition) is 0. The molecule has 0 heterocycles. The van der Waals surface area contributed by atoms with Crippen LogP contribution in [0.25, 0.3) is 0 Å². The molecule has 0 unspecified atom stereocenters. The summed E-state index contributed by atoms with van der Waals surface area (Å²) < 4.78 is 49.4. The molecule has 0 saturated carbocycles. The number of rotatable bonds is 10. The van der Waals surface area contributed by atoms with Crippen LogP contribution in [0.15, 0.2) is 16.6 Å². The highest BCUT2D eigenvalue weighted by atomic mass is 79.9. The highest BCUT2D eigenvalue weighted by Gasteiger charge is 2.38. The Bertz CT molecular complexity index is 658. The highest BCUT2D eigenvalue weighted by molar-refractivity contribution is 9.11. The van der Waals surface area contributed by atoms with Gasteiger partial charge >= 0.3 is 15.2 Å². The van der Waals surface area contributed by atoms with Crippen LogP contribution in [-0.2, 0) is 32.6 Å². The van der Waals surface area contributed by atoms with E-state index in [4.69, 9.17) is 18.1 Å². The minimum absolute atomic E-state index is 0.216. The summed E-state index contributed by atoms with van der Waals surface area (Å²) in [6.45, 7) is 13.9. The maximum atomic E-state index is 13.5. The van der Waals surface area contributed by atoms with Gasteiger partial charge in [0.25, 0.3) is 0 Å². The van der Waals surface area contributed by atoms with Crippen molar-refractivity contribution >= 4 is 41.7 Å². The van der Waals surface area contributed by atoms with E-state index in [0.29, 0.717) is 15.1 Å². The average molecular weight is 485 g/mol. The maximum absolute atomic E-state index is 13.5. The van der Waals surface area contributed by atoms with Crippen LogP contribution in [0.5, 0.6) is 0 Å². The standard InChI is InChI=1S/C18H31BrO6P2/c1-8-22-26(20,23-9-2)15-12-14(18(5,6)7)13-16(17(15)19)27(21,24-10-3)25-11-4/h12-13H,8-11H2,1-7H3. The van der Waals surface area contributed by atoms with Gasteiger partial charge in [-0.15, -0.1) is 0 Å². The maximum Gasteiger partial charge on any atom is 0.362 e. The Morgan fingerprint density at radius 1 is 0.778 bits per heavy atom. The van der Waals surface area contributed by atoms with Gasteiger partial charge in [-0.2, -0.15) is 0 Å². The summed E-state index contributed by atoms with van der Waals surface area (Å²) in [5.41, 5.74) is 0.534. The lowest BCUT2D eigenvalue weighted by atomic mass is 9.87. The highest BCUT2D eigenvalue weighted by Crippen LogP contribution is 2.53. The second-order valence-corrected chi connectivity index (χ2v) is 11.5. The third-order valence-electron chi connectivity index (χ3n) is 3.69. The third kappa shape index (κ3) is 5.99. The summed E-state index contributed by atoms with van der Waals surface area (Å²) in [6.07, 6.45) is 0. The summed E-state index contributed by atoms with van der Waals surface area (Å²) in [4.78, 5) is 0. The largest absolute Gasteiger partial charge is 0.362 e. The molecule has 0 aliphatic heterocycles. The van der Waals surface area contributed by atoms with E-state index in [1.54, 1.807) is 39.8 Å². The van der Waals surface area contributed by atoms with E-state index in [9.17, 15) is 9.13 Å². The fourth-order valence-corrected chi connectivity index (χ4v) is 7.46. The fourth-order valence-electron chi connectivity index (χ4n) is 2.46. The fraction of sp³-hybridized carbons (Fsp3) is 0.667. The normalized spacial score (nSPS) is 13.2. The summed E-state index contributed by atoms with van der Waals surface area (Å²) in [6, 6.07) is 3.56. The van der Waals surface area contributed by atoms with Gasteiger partial charge in [0.1, 0.15) is 0 Å². The molecular weight excluding hydrogens is 454 g/mol. The summed E-state index contributed by atoms with van der Waals surface area (Å²) in [7, 11) is -7.24. The van der Waals surface area contributed by atoms with E-state index in [-0.39, 0.29) is 31.8 Å². The van der Waals surface area contributed by atoms with Gasteiger partial charge in [-0.25, -0.2) is 0 Å². The molecule has 9 heteroatoms. The van der Waals surface area contributed by atoms with Crippen LogP contribution in [0.1, 0.15) is 54.0 Å². The van der Waals surface area contributed by atoms with Crippen LogP contribution in [0, 0.1) is 0 Å². The van der Waals surface area contributed by atoms with Gasteiger partial charge in [0.15, 0.2) is 0 Å². The van der Waals surface area contributed by atoms with Crippen molar-refractivity contribution in [2.24, 2.45) is 0 Å². The molecule has 1 aromatic carbocycles. The summed E-state index contributed by atoms with van der Waals surface area (Å²) in [5, 5.41) is 0.654. The molecule has 1 aromatic rings. The molecule has 0 saturated heterocycles. The van der Waals surface area contributed by atoms with Gasteiger partial charge in [-0.3, -0.25) is 9.13 Å². The molecule has 0 amide bonds. The van der Waals surface area contributed by atoms with Crippen LogP contribution < -0.4 is 10.6 Å². The van der Waals surface area contributed by atoms with Gasteiger partial charge in [-0.05, 0) is 66.7 Å². The number of benzene rings is 1. The quantitative estimate of drug-likeness (QED) is 0.406. The number of hydrogen-bond acceptors (Lipinski definition) is 6. The average Bonchev–Trinajstić information content (AvgIpc) is 2.54. The second kappa shape index (κ2) is 10.2. The van der Waals surface area contributed by atoms with E-state index in [0.717, 1.165) is 5.56 Å². The van der Waals surface area contributed by atoms with E-state index >= 15 is 0 Å². The first-order valence-corrected chi connectivity index (χ1v) is 13.0. The van der Waals surface area contributed by atoms with Crippen LogP contribution in [0.3, 0.4) is 0 Å². The third-order valence-corrected chi connectivity index (χ3v) is 9.43. The van der Waals surface area contributed by atoms with Crippen molar-refractivity contribution in [3.63, 3.8) is 0 Å². The predicted octanol–water partition coefficient (Wildman–Crippen LogP) is 5.53. The predicted molar refractivity (Wildman–Crippen MR) is 114 cm³/mol. The van der Waals surface area contributed by atoms with Gasteiger partial charge in [0.05, 0.1) is 37.0 Å². The molecule has 0 aromatic heterocycles. The SMILES string of the molecule is CCOP(=O)(OCC)c1cc(C(C)(C)C)cc(P(=O)(OCC)OCC)c1Br. The minimum atomic E-state index is -3.62. The Kier molecular flexibility index (Phi) is 9.42. The van der Waals surface area contributed by atoms with Gasteiger partial charge in [0, 0.05) is 4.47 Å². The molecule has 0 N–H and O–H groups in total. The van der Waals surface area contributed by atoms with Gasteiger partial charge in [0.2, 0.25) is 0 Å². The van der Waals surface area contributed by atoms with E-state index < -0.39 is 15.2 Å². The Morgan fingerprint density at radius 2 is 1.07 bits per heavy atom. The van der Waals surface area contributed by atoms with Crippen LogP contribution in [0.2, 0.25) is 0 Å². The van der Waals surface area contributed by atoms with Crippen LogP contribution in [-0.4, -0.2) is 26.4 Å². The van der Waals surface area contributed by atoms with Crippen molar-refractivity contribution in [3.8, 4) is 0 Å². The van der Waals surface area contributed by atoms with Crippen molar-refractivity contribution in [1.29, 1.82) is 0 Å². The smallest absolute Gasteiger partial charge is 0.305 e. The Balaban J connectivity index is 3.85. The molecule has 1 rings (SSSR count). The first-order valence-electron chi connectivity index (χ1n) is 9.12. The monoisotopic (exact) mass is 484 g/mol. The Labute approximate surface area is 171 Å². The summed E-state index contributed by atoms with van der Waals surface area (Å²) >= 11 is 3.47. The van der Waals surface area contributed by atoms with Crippen molar-refractivity contribution < 1.29 is 27.2 Å². The molecule has 0 aliphatic rings. The Hall–Kier alpha value is 0. The molecule has 0 spiro atoms. The van der Waals surface area contributed by atoms with Crippen LogP contribution >= 0.6 is 31.1 Å². The van der Waals surface area contributed by atoms with E-state index in [2.05, 4.69) is 15.9 Å². The zero-order valence-corrected chi connectivity index (χ0v) is 20.6. The van der Waals surface area contributed by atoms with E-state index in [1.807, 2.05) is 20.8 Å². The van der Waals surface area contributed by atoms with Crippen molar-refractivity contribution in [3.05, 3.63) is 22.2 Å². The van der Waals surface area contributed by atoms with Crippen molar-refractivity contribution in [2.45, 2.75) is 53.9 Å². The molecule has 6 nitrogen and oxygen atoms in total. The molecule has 0 radical (unpaired) electrons. The van der Waals surface area contributed by atoms with Gasteiger partial charge < -0.3 is 18.1 Å². The van der Waals surface area contributed by atoms with Crippen LogP contribution in [0.4, 0.5) is 0 Å². The Morgan fingerprint density at radius 3 is 1.30 bits per heavy atom. The zero-order valence-electron chi connectivity index (χ0n) is 17.2.